The molecule has 0 saturated heterocycles. The lowest BCUT2D eigenvalue weighted by Gasteiger charge is -2.17. The van der Waals surface area contributed by atoms with E-state index in [1.807, 2.05) is 13.8 Å². The lowest BCUT2D eigenvalue weighted by Crippen LogP contribution is -2.32. The van der Waals surface area contributed by atoms with E-state index >= 15 is 0 Å². The number of esters is 2. The summed E-state index contributed by atoms with van der Waals surface area (Å²) < 4.78 is 9.02. The van der Waals surface area contributed by atoms with Crippen LogP contribution in [0.15, 0.2) is 0 Å². The number of carbonyl (C=O) groups is 3. The highest BCUT2D eigenvalue weighted by Gasteiger charge is 2.33. The van der Waals surface area contributed by atoms with Gasteiger partial charge in [0.2, 0.25) is 0 Å². The number of Topliss-reactive ketones (excluding diaryl/α,β-unsaturated/α-hetero) is 1. The molecule has 1 atom stereocenters. The topological polar surface area (TPSA) is 69.7 Å². The highest BCUT2D eigenvalue weighted by Crippen LogP contribution is 2.19. The summed E-state index contributed by atoms with van der Waals surface area (Å²) >= 11 is 0. The van der Waals surface area contributed by atoms with Crippen molar-refractivity contribution in [3.63, 3.8) is 0 Å². The third-order valence-corrected chi connectivity index (χ3v) is 2.82. The van der Waals surface area contributed by atoms with Gasteiger partial charge in [-0.25, -0.2) is 0 Å². The van der Waals surface area contributed by atoms with Crippen LogP contribution < -0.4 is 0 Å². The summed E-state index contributed by atoms with van der Waals surface area (Å²) in [6.07, 6.45) is 1.03. The normalized spacial score (nSPS) is 12.1. The minimum atomic E-state index is -1.04. The number of hydrogen-bond donors (Lipinski definition) is 0. The summed E-state index contributed by atoms with van der Waals surface area (Å²) in [7, 11) is 2.42. The van der Waals surface area contributed by atoms with Gasteiger partial charge in [0.25, 0.3) is 0 Å². The maximum absolute atomic E-state index is 12.0. The van der Waals surface area contributed by atoms with E-state index in [0.717, 1.165) is 0 Å². The minimum Gasteiger partial charge on any atom is -0.469 e. The fourth-order valence-electron chi connectivity index (χ4n) is 1.67. The second kappa shape index (κ2) is 7.81. The average Bonchev–Trinajstić information content (AvgIpc) is 2.35. The van der Waals surface area contributed by atoms with Gasteiger partial charge in [-0.05, 0) is 12.8 Å². The first-order chi connectivity index (χ1) is 8.01. The van der Waals surface area contributed by atoms with Gasteiger partial charge in [0, 0.05) is 5.92 Å². The lowest BCUT2D eigenvalue weighted by atomic mass is 9.87. The second-order valence-electron chi connectivity index (χ2n) is 3.77. The smallest absolute Gasteiger partial charge is 0.316 e. The van der Waals surface area contributed by atoms with Gasteiger partial charge in [0.15, 0.2) is 5.78 Å². The Labute approximate surface area is 101 Å². The Hall–Kier alpha value is -1.39. The maximum Gasteiger partial charge on any atom is 0.316 e. The third-order valence-electron chi connectivity index (χ3n) is 2.82. The van der Waals surface area contributed by atoms with Crippen LogP contribution in [0.5, 0.6) is 0 Å². The summed E-state index contributed by atoms with van der Waals surface area (Å²) in [5.74, 6) is -2.76. The number of rotatable bonds is 7. The van der Waals surface area contributed by atoms with E-state index in [4.69, 9.17) is 0 Å². The highest BCUT2D eigenvalue weighted by atomic mass is 16.5. The van der Waals surface area contributed by atoms with Crippen molar-refractivity contribution in [3.05, 3.63) is 0 Å². The van der Waals surface area contributed by atoms with Crippen LogP contribution in [0.4, 0.5) is 0 Å². The number of ether oxygens (including phenoxy) is 2. The van der Waals surface area contributed by atoms with Crippen LogP contribution in [0.1, 0.15) is 33.1 Å². The van der Waals surface area contributed by atoms with Crippen LogP contribution in [0.25, 0.3) is 0 Å². The quantitative estimate of drug-likeness (QED) is 0.499. The van der Waals surface area contributed by atoms with Crippen molar-refractivity contribution >= 4 is 17.7 Å². The van der Waals surface area contributed by atoms with E-state index in [1.165, 1.54) is 14.2 Å². The molecule has 17 heavy (non-hydrogen) atoms. The van der Waals surface area contributed by atoms with E-state index in [1.54, 1.807) is 0 Å². The Morgan fingerprint density at radius 1 is 1.00 bits per heavy atom. The molecule has 0 rings (SSSR count). The minimum absolute atomic E-state index is 0.219. The average molecular weight is 244 g/mol. The number of carbonyl (C=O) groups excluding carboxylic acids is 3. The standard InChI is InChI=1S/C12H20O5/c1-5-8(6-2)11(14)9(12(15)17-4)7-10(13)16-3/h8-9H,5-7H2,1-4H3/t9-/m1/s1. The molecule has 5 heteroatoms. The van der Waals surface area contributed by atoms with E-state index in [-0.39, 0.29) is 18.1 Å². The molecule has 0 aliphatic rings. The molecule has 98 valence electrons. The molecule has 5 nitrogen and oxygen atoms in total. The molecule has 0 amide bonds. The van der Waals surface area contributed by atoms with Crippen LogP contribution in [0, 0.1) is 11.8 Å². The van der Waals surface area contributed by atoms with Crippen molar-refractivity contribution in [2.75, 3.05) is 14.2 Å². The van der Waals surface area contributed by atoms with E-state index < -0.39 is 17.9 Å². The molecule has 0 aliphatic heterocycles. The summed E-state index contributed by atoms with van der Waals surface area (Å²) in [5.41, 5.74) is 0. The van der Waals surface area contributed by atoms with Gasteiger partial charge >= 0.3 is 11.9 Å². The van der Waals surface area contributed by atoms with E-state index in [0.29, 0.717) is 12.8 Å². The van der Waals surface area contributed by atoms with Gasteiger partial charge < -0.3 is 9.47 Å². The third kappa shape index (κ3) is 4.54. The Kier molecular flexibility index (Phi) is 7.18. The van der Waals surface area contributed by atoms with Crippen LogP contribution >= 0.6 is 0 Å². The zero-order valence-corrected chi connectivity index (χ0v) is 10.8. The number of ketones is 1. The van der Waals surface area contributed by atoms with Gasteiger partial charge in [-0.15, -0.1) is 0 Å². The first kappa shape index (κ1) is 15.6. The van der Waals surface area contributed by atoms with Crippen molar-refractivity contribution in [1.82, 2.24) is 0 Å². The molecule has 0 aliphatic carbocycles. The Balaban J connectivity index is 4.84. The molecule has 0 saturated carbocycles. The largest absolute Gasteiger partial charge is 0.469 e. The molecule has 0 aromatic carbocycles. The van der Waals surface area contributed by atoms with Crippen molar-refractivity contribution < 1.29 is 23.9 Å². The summed E-state index contributed by atoms with van der Waals surface area (Å²) in [5, 5.41) is 0. The molecule has 0 fully saturated rings. The maximum atomic E-state index is 12.0. The molecule has 0 bridgehead atoms. The molecular formula is C12H20O5. The van der Waals surface area contributed by atoms with Gasteiger partial charge in [0.1, 0.15) is 5.92 Å². The van der Waals surface area contributed by atoms with Crippen molar-refractivity contribution in [3.8, 4) is 0 Å². The van der Waals surface area contributed by atoms with Gasteiger partial charge in [0.05, 0.1) is 20.6 Å². The van der Waals surface area contributed by atoms with Gasteiger partial charge in [-0.1, -0.05) is 13.8 Å². The first-order valence-electron chi connectivity index (χ1n) is 5.70. The summed E-state index contributed by atoms with van der Waals surface area (Å²) in [6, 6.07) is 0. The Morgan fingerprint density at radius 3 is 1.88 bits per heavy atom. The van der Waals surface area contributed by atoms with E-state index in [9.17, 15) is 14.4 Å². The zero-order valence-electron chi connectivity index (χ0n) is 10.8. The number of methoxy groups -OCH3 is 2. The summed E-state index contributed by atoms with van der Waals surface area (Å²) in [6.45, 7) is 3.75. The molecule has 0 radical (unpaired) electrons. The molecule has 0 heterocycles. The van der Waals surface area contributed by atoms with Crippen molar-refractivity contribution in [1.29, 1.82) is 0 Å². The number of hydrogen-bond acceptors (Lipinski definition) is 5. The fraction of sp³-hybridized carbons (Fsp3) is 0.750. The van der Waals surface area contributed by atoms with E-state index in [2.05, 4.69) is 9.47 Å². The van der Waals surface area contributed by atoms with Crippen molar-refractivity contribution in [2.24, 2.45) is 11.8 Å². The van der Waals surface area contributed by atoms with Gasteiger partial charge in [-0.2, -0.15) is 0 Å². The molecule has 0 unspecified atom stereocenters. The molecule has 0 N–H and O–H groups in total. The van der Waals surface area contributed by atoms with Crippen molar-refractivity contribution in [2.45, 2.75) is 33.1 Å². The van der Waals surface area contributed by atoms with Crippen LogP contribution in [-0.2, 0) is 23.9 Å². The first-order valence-corrected chi connectivity index (χ1v) is 5.70. The molecule has 0 aromatic heterocycles. The van der Waals surface area contributed by atoms with Crippen LogP contribution in [-0.4, -0.2) is 31.9 Å². The predicted molar refractivity (Wildman–Crippen MR) is 61.2 cm³/mol. The lowest BCUT2D eigenvalue weighted by molar-refractivity contribution is -0.156. The zero-order chi connectivity index (χ0) is 13.4. The molecular weight excluding hydrogens is 224 g/mol. The fourth-order valence-corrected chi connectivity index (χ4v) is 1.67. The Morgan fingerprint density at radius 2 is 1.53 bits per heavy atom. The van der Waals surface area contributed by atoms with Crippen LogP contribution in [0.2, 0.25) is 0 Å². The molecule has 0 aromatic rings. The predicted octanol–water partition coefficient (Wildman–Crippen LogP) is 1.34. The monoisotopic (exact) mass is 244 g/mol. The SMILES string of the molecule is CCC(CC)C(=O)[C@@H](CC(=O)OC)C(=O)OC. The molecule has 0 spiro atoms. The van der Waals surface area contributed by atoms with Gasteiger partial charge in [-0.3, -0.25) is 14.4 Å². The highest BCUT2D eigenvalue weighted by molar-refractivity contribution is 6.02. The summed E-state index contributed by atoms with van der Waals surface area (Å²) in [4.78, 5) is 34.7. The second-order valence-corrected chi connectivity index (χ2v) is 3.77. The van der Waals surface area contributed by atoms with Crippen LogP contribution in [0.3, 0.4) is 0 Å². The Bertz CT molecular complexity index is 281.